The maximum atomic E-state index is 14.4. The fourth-order valence-corrected chi connectivity index (χ4v) is 4.22. The van der Waals surface area contributed by atoms with Crippen LogP contribution in [0.1, 0.15) is 31.9 Å². The number of rotatable bonds is 2. The molecule has 0 aliphatic carbocycles. The van der Waals surface area contributed by atoms with Crippen LogP contribution in [0.15, 0.2) is 18.2 Å². The average molecular weight is 356 g/mol. The molecule has 8 heteroatoms. The molecule has 4 atom stereocenters. The van der Waals surface area contributed by atoms with E-state index in [0.717, 1.165) is 12.1 Å². The van der Waals surface area contributed by atoms with Crippen molar-refractivity contribution in [1.29, 1.82) is 21.2 Å². The van der Waals surface area contributed by atoms with Gasteiger partial charge in [-0.1, -0.05) is 13.0 Å². The Hall–Kier alpha value is -3.02. The van der Waals surface area contributed by atoms with E-state index in [1.165, 1.54) is 6.92 Å². The van der Waals surface area contributed by atoms with E-state index in [2.05, 4.69) is 0 Å². The van der Waals surface area contributed by atoms with Crippen LogP contribution in [0.3, 0.4) is 0 Å². The van der Waals surface area contributed by atoms with E-state index in [0.29, 0.717) is 6.07 Å². The lowest BCUT2D eigenvalue weighted by molar-refractivity contribution is -0.273. The van der Waals surface area contributed by atoms with Crippen molar-refractivity contribution in [3.8, 4) is 18.2 Å². The van der Waals surface area contributed by atoms with Gasteiger partial charge in [-0.2, -0.15) is 15.8 Å². The first-order valence-electron chi connectivity index (χ1n) is 7.90. The molecule has 2 bridgehead atoms. The van der Waals surface area contributed by atoms with Crippen molar-refractivity contribution < 1.29 is 18.3 Å². The van der Waals surface area contributed by atoms with Crippen LogP contribution in [0.4, 0.5) is 8.78 Å². The minimum absolute atomic E-state index is 0.242. The van der Waals surface area contributed by atoms with Crippen molar-refractivity contribution >= 4 is 5.90 Å². The molecule has 1 aromatic carbocycles. The molecule has 4 unspecified atom stereocenters. The molecule has 0 aromatic heterocycles. The van der Waals surface area contributed by atoms with Crippen LogP contribution in [0, 0.1) is 67.8 Å². The van der Waals surface area contributed by atoms with E-state index in [1.54, 1.807) is 19.1 Å². The number of hydrogen-bond acceptors (Lipinski definition) is 6. The lowest BCUT2D eigenvalue weighted by atomic mass is 9.53. The summed E-state index contributed by atoms with van der Waals surface area (Å²) in [6.45, 7) is 3.21. The van der Waals surface area contributed by atoms with Gasteiger partial charge in [0, 0.05) is 18.6 Å². The maximum absolute atomic E-state index is 14.4. The summed E-state index contributed by atoms with van der Waals surface area (Å²) in [5, 5.41) is 37.9. The number of halogens is 2. The first-order valence-corrected chi connectivity index (χ1v) is 7.90. The summed E-state index contributed by atoms with van der Waals surface area (Å²) in [6.07, 6.45) is -1.25. The Labute approximate surface area is 148 Å². The van der Waals surface area contributed by atoms with Gasteiger partial charge in [0.2, 0.25) is 17.1 Å². The molecule has 2 aliphatic heterocycles. The Bertz CT molecular complexity index is 915. The van der Waals surface area contributed by atoms with E-state index in [1.807, 2.05) is 6.07 Å². The van der Waals surface area contributed by atoms with E-state index < -0.39 is 46.2 Å². The largest absolute Gasteiger partial charge is 0.448 e. The summed E-state index contributed by atoms with van der Waals surface area (Å²) in [5.41, 5.74) is -4.43. The number of benzene rings is 1. The van der Waals surface area contributed by atoms with Gasteiger partial charge in [-0.05, 0) is 12.5 Å². The van der Waals surface area contributed by atoms with E-state index in [9.17, 15) is 24.6 Å². The summed E-state index contributed by atoms with van der Waals surface area (Å²) in [6, 6.07) is 8.19. The molecule has 0 amide bonds. The molecule has 2 saturated heterocycles. The van der Waals surface area contributed by atoms with Crippen LogP contribution in [0.5, 0.6) is 0 Å². The highest BCUT2D eigenvalue weighted by molar-refractivity contribution is 5.89. The van der Waals surface area contributed by atoms with E-state index in [-0.39, 0.29) is 12.0 Å². The predicted molar refractivity (Wildman–Crippen MR) is 82.9 cm³/mol. The molecule has 132 valence electrons. The lowest BCUT2D eigenvalue weighted by Crippen LogP contribution is -2.58. The van der Waals surface area contributed by atoms with Crippen molar-refractivity contribution in [3.05, 3.63) is 35.4 Å². The third-order valence-corrected chi connectivity index (χ3v) is 5.37. The standard InChI is InChI=1S/C18H14F2N4O2/c1-3-13-16(2)25-14(11-5-4-10(19)6-12(11)20)17(7-21,8-22)18(13,9-23)15(24)26-16/h4-6,13-14,24H,3H2,1-2H3. The molecule has 0 saturated carbocycles. The molecule has 2 heterocycles. The lowest BCUT2D eigenvalue weighted by Gasteiger charge is -2.48. The SMILES string of the molecule is CCC1C2(C)OC(=N)C1(C#N)C(C#N)(C#N)C(c1ccc(F)cc1F)O2. The maximum Gasteiger partial charge on any atom is 0.214 e. The minimum Gasteiger partial charge on any atom is -0.448 e. The van der Waals surface area contributed by atoms with Crippen molar-refractivity contribution in [1.82, 2.24) is 0 Å². The second kappa shape index (κ2) is 5.49. The van der Waals surface area contributed by atoms with Crippen molar-refractivity contribution in [3.63, 3.8) is 0 Å². The van der Waals surface area contributed by atoms with Gasteiger partial charge < -0.3 is 9.47 Å². The van der Waals surface area contributed by atoms with Crippen molar-refractivity contribution in [2.75, 3.05) is 0 Å². The normalized spacial score (nSPS) is 34.3. The zero-order valence-electron chi connectivity index (χ0n) is 14.0. The summed E-state index contributed by atoms with van der Waals surface area (Å²) in [5.74, 6) is -4.68. The topological polar surface area (TPSA) is 114 Å². The molecule has 1 aromatic rings. The Kier molecular flexibility index (Phi) is 3.76. The van der Waals surface area contributed by atoms with Crippen LogP contribution in [0.2, 0.25) is 0 Å². The smallest absolute Gasteiger partial charge is 0.214 e. The number of nitriles is 3. The van der Waals surface area contributed by atoms with Crippen LogP contribution >= 0.6 is 0 Å². The van der Waals surface area contributed by atoms with Crippen molar-refractivity contribution in [2.45, 2.75) is 32.2 Å². The first kappa shape index (κ1) is 17.8. The monoisotopic (exact) mass is 356 g/mol. The molecule has 0 radical (unpaired) electrons. The Balaban J connectivity index is 2.36. The second-order valence-corrected chi connectivity index (χ2v) is 6.52. The Morgan fingerprint density at radius 1 is 1.19 bits per heavy atom. The minimum atomic E-state index is -2.24. The third-order valence-electron chi connectivity index (χ3n) is 5.37. The summed E-state index contributed by atoms with van der Waals surface area (Å²) in [7, 11) is 0. The van der Waals surface area contributed by atoms with Crippen LogP contribution in [-0.4, -0.2) is 11.7 Å². The van der Waals surface area contributed by atoms with Crippen LogP contribution < -0.4 is 0 Å². The van der Waals surface area contributed by atoms with Crippen molar-refractivity contribution in [2.24, 2.45) is 16.7 Å². The zero-order valence-corrected chi connectivity index (χ0v) is 14.0. The fourth-order valence-electron chi connectivity index (χ4n) is 4.22. The van der Waals surface area contributed by atoms with Gasteiger partial charge >= 0.3 is 0 Å². The Morgan fingerprint density at radius 2 is 1.85 bits per heavy atom. The third kappa shape index (κ3) is 1.81. The molecule has 2 fully saturated rings. The van der Waals surface area contributed by atoms with Gasteiger partial charge in [-0.25, -0.2) is 8.78 Å². The van der Waals surface area contributed by atoms with Crippen LogP contribution in [-0.2, 0) is 9.47 Å². The summed E-state index contributed by atoms with van der Waals surface area (Å²) >= 11 is 0. The Morgan fingerprint density at radius 3 is 2.35 bits per heavy atom. The molecule has 0 spiro atoms. The molecule has 6 nitrogen and oxygen atoms in total. The number of nitrogens with one attached hydrogen (secondary N) is 1. The van der Waals surface area contributed by atoms with Gasteiger partial charge in [0.15, 0.2) is 5.41 Å². The highest BCUT2D eigenvalue weighted by Gasteiger charge is 2.79. The molecule has 3 rings (SSSR count). The average Bonchev–Trinajstić information content (AvgIpc) is 2.78. The van der Waals surface area contributed by atoms with Gasteiger partial charge in [-0.3, -0.25) is 5.41 Å². The molecule has 26 heavy (non-hydrogen) atoms. The highest BCUT2D eigenvalue weighted by atomic mass is 19.1. The number of fused-ring (bicyclic) bond motifs is 2. The first-order chi connectivity index (χ1) is 12.3. The highest BCUT2D eigenvalue weighted by Crippen LogP contribution is 2.67. The summed E-state index contributed by atoms with van der Waals surface area (Å²) < 4.78 is 39.1. The number of nitrogens with zero attached hydrogens (tertiary/aromatic N) is 3. The molecule has 1 N–H and O–H groups in total. The fraction of sp³-hybridized carbons (Fsp3) is 0.444. The number of ether oxygens (including phenoxy) is 2. The van der Waals surface area contributed by atoms with Gasteiger partial charge in [0.05, 0.1) is 24.1 Å². The second-order valence-electron chi connectivity index (χ2n) is 6.52. The van der Waals surface area contributed by atoms with E-state index in [4.69, 9.17) is 14.9 Å². The van der Waals surface area contributed by atoms with Gasteiger partial charge in [0.1, 0.15) is 17.7 Å². The van der Waals surface area contributed by atoms with E-state index >= 15 is 0 Å². The summed E-state index contributed by atoms with van der Waals surface area (Å²) in [4.78, 5) is 0. The molecular weight excluding hydrogens is 342 g/mol. The zero-order chi connectivity index (χ0) is 19.3. The molecular formula is C18H14F2N4O2. The quantitative estimate of drug-likeness (QED) is 0.873. The number of hydrogen-bond donors (Lipinski definition) is 1. The van der Waals surface area contributed by atoms with Gasteiger partial charge in [0.25, 0.3) is 0 Å². The molecule has 2 aliphatic rings. The predicted octanol–water partition coefficient (Wildman–Crippen LogP) is 3.33. The van der Waals surface area contributed by atoms with Crippen LogP contribution in [0.25, 0.3) is 0 Å². The van der Waals surface area contributed by atoms with Gasteiger partial charge in [-0.15, -0.1) is 0 Å².